The Morgan fingerprint density at radius 2 is 2.09 bits per heavy atom. The first-order valence-corrected chi connectivity index (χ1v) is 11.8. The molecule has 5 rings (SSSR count). The Kier molecular flexibility index (Phi) is 5.91. The number of nitrogens with zero attached hydrogens (tertiary/aromatic N) is 5. The normalized spacial score (nSPS) is 12.1. The number of aryl methyl sites for hydroxylation is 1. The minimum absolute atomic E-state index is 0.709. The molecule has 170 valence electrons. The summed E-state index contributed by atoms with van der Waals surface area (Å²) in [4.78, 5) is 19.5. The number of aromatic nitrogens is 6. The number of thiophene rings is 1. The average Bonchev–Trinajstić information content (AvgIpc) is 3.57. The monoisotopic (exact) mass is 467 g/mol. The maximum atomic E-state index is 4.94. The molecule has 0 aliphatic heterocycles. The molecule has 5 heterocycles. The second-order valence-corrected chi connectivity index (χ2v) is 9.17. The van der Waals surface area contributed by atoms with Gasteiger partial charge in [0.05, 0.1) is 23.1 Å². The summed E-state index contributed by atoms with van der Waals surface area (Å²) >= 11 is 1.66. The number of allylic oxidation sites excluding steroid dienone is 2. The van der Waals surface area contributed by atoms with Gasteiger partial charge in [-0.05, 0) is 61.1 Å². The van der Waals surface area contributed by atoms with Crippen molar-refractivity contribution in [2.45, 2.75) is 13.5 Å². The van der Waals surface area contributed by atoms with Crippen LogP contribution in [0.15, 0.2) is 66.3 Å². The van der Waals surface area contributed by atoms with E-state index in [1.165, 1.54) is 0 Å². The summed E-state index contributed by atoms with van der Waals surface area (Å²) in [6.07, 6.45) is 9.33. The SMILES string of the molecule is C=C/C=C(/c1ccsc1)c1nc(-c2n[nH]c3cnc(-c4cncc(CN(C)C)c4)cc23)[nH]c1C. The molecule has 5 aromatic rings. The van der Waals surface area contributed by atoms with Gasteiger partial charge < -0.3 is 9.88 Å². The first-order valence-electron chi connectivity index (χ1n) is 10.9. The number of hydrogen-bond acceptors (Lipinski definition) is 6. The number of H-pyrrole nitrogens is 2. The van der Waals surface area contributed by atoms with E-state index in [-0.39, 0.29) is 0 Å². The lowest BCUT2D eigenvalue weighted by Crippen LogP contribution is -2.10. The van der Waals surface area contributed by atoms with E-state index in [2.05, 4.69) is 59.5 Å². The third-order valence-electron chi connectivity index (χ3n) is 5.52. The molecule has 0 fully saturated rings. The van der Waals surface area contributed by atoms with Gasteiger partial charge in [0, 0.05) is 41.2 Å². The van der Waals surface area contributed by atoms with Crippen molar-refractivity contribution in [2.24, 2.45) is 0 Å². The van der Waals surface area contributed by atoms with E-state index in [0.717, 1.165) is 62.5 Å². The number of nitrogens with one attached hydrogen (secondary N) is 2. The summed E-state index contributed by atoms with van der Waals surface area (Å²) in [6.45, 7) is 6.73. The fraction of sp³-hybridized carbons (Fsp3) is 0.154. The van der Waals surface area contributed by atoms with Gasteiger partial charge in [-0.1, -0.05) is 18.7 Å². The lowest BCUT2D eigenvalue weighted by Gasteiger charge is -2.10. The third kappa shape index (κ3) is 4.21. The molecule has 7 nitrogen and oxygen atoms in total. The molecule has 0 amide bonds. The van der Waals surface area contributed by atoms with Crippen LogP contribution in [-0.2, 0) is 6.54 Å². The number of aromatic amines is 2. The van der Waals surface area contributed by atoms with Crippen LogP contribution in [0.1, 0.15) is 22.5 Å². The van der Waals surface area contributed by atoms with Crippen LogP contribution in [0.25, 0.3) is 39.3 Å². The second-order valence-electron chi connectivity index (χ2n) is 8.39. The number of pyridine rings is 2. The predicted octanol–water partition coefficient (Wildman–Crippen LogP) is 5.46. The molecule has 5 aromatic heterocycles. The van der Waals surface area contributed by atoms with Gasteiger partial charge in [0.2, 0.25) is 0 Å². The van der Waals surface area contributed by atoms with Crippen molar-refractivity contribution in [3.8, 4) is 22.8 Å². The van der Waals surface area contributed by atoms with Gasteiger partial charge >= 0.3 is 0 Å². The first kappa shape index (κ1) is 21.9. The van der Waals surface area contributed by atoms with Crippen molar-refractivity contribution in [3.05, 3.63) is 88.8 Å². The first-order chi connectivity index (χ1) is 16.5. The molecule has 0 atom stereocenters. The summed E-state index contributed by atoms with van der Waals surface area (Å²) in [6, 6.07) is 6.26. The van der Waals surface area contributed by atoms with Gasteiger partial charge in [0.15, 0.2) is 5.82 Å². The topological polar surface area (TPSA) is 86.4 Å². The van der Waals surface area contributed by atoms with Crippen LogP contribution >= 0.6 is 11.3 Å². The molecule has 0 aromatic carbocycles. The van der Waals surface area contributed by atoms with E-state index < -0.39 is 0 Å². The molecule has 0 unspecified atom stereocenters. The smallest absolute Gasteiger partial charge is 0.159 e. The molecule has 0 aliphatic rings. The average molecular weight is 468 g/mol. The number of hydrogen-bond donors (Lipinski definition) is 2. The predicted molar refractivity (Wildman–Crippen MR) is 138 cm³/mol. The van der Waals surface area contributed by atoms with Crippen LogP contribution in [0, 0.1) is 6.92 Å². The van der Waals surface area contributed by atoms with Gasteiger partial charge in [-0.2, -0.15) is 16.4 Å². The van der Waals surface area contributed by atoms with E-state index in [0.29, 0.717) is 5.82 Å². The molecule has 2 N–H and O–H groups in total. The molecular weight excluding hydrogens is 442 g/mol. The highest BCUT2D eigenvalue weighted by Gasteiger charge is 2.18. The Labute approximate surface area is 201 Å². The van der Waals surface area contributed by atoms with Crippen LogP contribution in [0.4, 0.5) is 0 Å². The molecular formula is C26H25N7S. The van der Waals surface area contributed by atoms with Crippen molar-refractivity contribution in [3.63, 3.8) is 0 Å². The summed E-state index contributed by atoms with van der Waals surface area (Å²) in [7, 11) is 4.09. The Morgan fingerprint density at radius 3 is 2.85 bits per heavy atom. The molecule has 34 heavy (non-hydrogen) atoms. The van der Waals surface area contributed by atoms with Crippen LogP contribution in [0.3, 0.4) is 0 Å². The summed E-state index contributed by atoms with van der Waals surface area (Å²) in [5.41, 5.74) is 8.57. The van der Waals surface area contributed by atoms with Crippen LogP contribution in [-0.4, -0.2) is 49.1 Å². The van der Waals surface area contributed by atoms with Crippen LogP contribution in [0.2, 0.25) is 0 Å². The lowest BCUT2D eigenvalue weighted by molar-refractivity contribution is 0.402. The minimum atomic E-state index is 0.709. The fourth-order valence-corrected chi connectivity index (χ4v) is 4.67. The maximum absolute atomic E-state index is 4.94. The fourth-order valence-electron chi connectivity index (χ4n) is 4.02. The van der Waals surface area contributed by atoms with Gasteiger partial charge in [-0.3, -0.25) is 15.1 Å². The van der Waals surface area contributed by atoms with Crippen molar-refractivity contribution < 1.29 is 0 Å². The Bertz CT molecular complexity index is 1490. The van der Waals surface area contributed by atoms with Gasteiger partial charge in [-0.15, -0.1) is 0 Å². The van der Waals surface area contributed by atoms with Crippen LogP contribution in [0.5, 0.6) is 0 Å². The van der Waals surface area contributed by atoms with Crippen molar-refractivity contribution in [2.75, 3.05) is 14.1 Å². The zero-order valence-corrected chi connectivity index (χ0v) is 20.1. The van der Waals surface area contributed by atoms with E-state index in [4.69, 9.17) is 4.98 Å². The van der Waals surface area contributed by atoms with E-state index in [1.54, 1.807) is 17.4 Å². The quantitative estimate of drug-likeness (QED) is 0.311. The largest absolute Gasteiger partial charge is 0.340 e. The van der Waals surface area contributed by atoms with Crippen LogP contribution < -0.4 is 0 Å². The number of imidazole rings is 1. The second kappa shape index (κ2) is 9.17. The third-order valence-corrected chi connectivity index (χ3v) is 6.20. The highest BCUT2D eigenvalue weighted by Crippen LogP contribution is 2.32. The van der Waals surface area contributed by atoms with E-state index in [1.807, 2.05) is 51.8 Å². The van der Waals surface area contributed by atoms with E-state index >= 15 is 0 Å². The van der Waals surface area contributed by atoms with Crippen molar-refractivity contribution in [1.29, 1.82) is 0 Å². The maximum Gasteiger partial charge on any atom is 0.159 e. The standard InChI is InChI=1S/C26H25N7S/c1-5-6-20(18-7-8-34-15-18)24-16(2)29-26(30-24)25-21-10-22(28-13-23(21)31-32-25)19-9-17(11-27-12-19)14-33(3)4/h5-13,15H,1,14H2,2-4H3,(H,29,30)(H,31,32)/b20-6-. The Morgan fingerprint density at radius 1 is 1.21 bits per heavy atom. The minimum Gasteiger partial charge on any atom is -0.340 e. The Balaban J connectivity index is 1.57. The highest BCUT2D eigenvalue weighted by molar-refractivity contribution is 7.08. The van der Waals surface area contributed by atoms with Gasteiger partial charge in [0.25, 0.3) is 0 Å². The Hall–Kier alpha value is -3.88. The molecule has 0 bridgehead atoms. The van der Waals surface area contributed by atoms with Gasteiger partial charge in [0.1, 0.15) is 5.69 Å². The number of rotatable bonds is 7. The molecule has 8 heteroatoms. The van der Waals surface area contributed by atoms with Gasteiger partial charge in [-0.25, -0.2) is 4.98 Å². The molecule has 0 radical (unpaired) electrons. The van der Waals surface area contributed by atoms with E-state index in [9.17, 15) is 0 Å². The summed E-state index contributed by atoms with van der Waals surface area (Å²) < 4.78 is 0. The highest BCUT2D eigenvalue weighted by atomic mass is 32.1. The summed E-state index contributed by atoms with van der Waals surface area (Å²) in [5, 5.41) is 12.8. The molecule has 0 spiro atoms. The lowest BCUT2D eigenvalue weighted by atomic mass is 10.0. The number of fused-ring (bicyclic) bond motifs is 1. The zero-order chi connectivity index (χ0) is 23.7. The van der Waals surface area contributed by atoms with Crippen molar-refractivity contribution >= 4 is 27.8 Å². The molecule has 0 saturated carbocycles. The van der Waals surface area contributed by atoms with Crippen molar-refractivity contribution in [1.82, 2.24) is 35.0 Å². The summed E-state index contributed by atoms with van der Waals surface area (Å²) in [5.74, 6) is 0.709. The zero-order valence-electron chi connectivity index (χ0n) is 19.3. The molecule has 0 saturated heterocycles. The molecule has 0 aliphatic carbocycles.